The molecule has 0 fully saturated rings. The molecule has 0 aliphatic rings. The van der Waals surface area contributed by atoms with Crippen LogP contribution in [0.15, 0.2) is 41.4 Å². The Morgan fingerprint density at radius 1 is 1.33 bits per heavy atom. The van der Waals surface area contributed by atoms with Gasteiger partial charge in [-0.05, 0) is 36.0 Å². The van der Waals surface area contributed by atoms with Gasteiger partial charge in [-0.1, -0.05) is 69.7 Å². The molecule has 0 atom stereocenters. The van der Waals surface area contributed by atoms with Crippen LogP contribution in [0.3, 0.4) is 0 Å². The van der Waals surface area contributed by atoms with Crippen molar-refractivity contribution in [2.45, 2.75) is 47.0 Å². The van der Waals surface area contributed by atoms with Gasteiger partial charge in [0.25, 0.3) is 0 Å². The zero-order chi connectivity index (χ0) is 15.7. The first kappa shape index (κ1) is 17.4. The fourth-order valence-corrected chi connectivity index (χ4v) is 2.24. The number of benzene rings is 1. The molecule has 0 amide bonds. The summed E-state index contributed by atoms with van der Waals surface area (Å²) in [7, 11) is 0. The van der Waals surface area contributed by atoms with Crippen molar-refractivity contribution in [3.05, 3.63) is 53.1 Å². The molecule has 1 aromatic rings. The third-order valence-corrected chi connectivity index (χ3v) is 3.27. The molecule has 114 valence electrons. The highest BCUT2D eigenvalue weighted by molar-refractivity contribution is 5.65. The Morgan fingerprint density at radius 3 is 2.71 bits per heavy atom. The van der Waals surface area contributed by atoms with Gasteiger partial charge >= 0.3 is 0 Å². The van der Waals surface area contributed by atoms with Crippen molar-refractivity contribution in [1.29, 1.82) is 0 Å². The van der Waals surface area contributed by atoms with Crippen molar-refractivity contribution in [2.75, 3.05) is 6.54 Å². The Kier molecular flexibility index (Phi) is 7.74. The van der Waals surface area contributed by atoms with E-state index in [9.17, 15) is 0 Å². The zero-order valence-corrected chi connectivity index (χ0v) is 14.0. The quantitative estimate of drug-likeness (QED) is 0.441. The summed E-state index contributed by atoms with van der Waals surface area (Å²) in [6.45, 7) is 13.5. The Bertz CT molecular complexity index is 507. The average molecular weight is 283 g/mol. The van der Waals surface area contributed by atoms with Crippen LogP contribution in [0.1, 0.15) is 50.8 Å². The third-order valence-electron chi connectivity index (χ3n) is 3.27. The molecule has 0 radical (unpaired) electrons. The lowest BCUT2D eigenvalue weighted by Gasteiger charge is -2.11. The number of nitrogens with zero attached hydrogens (tertiary/aromatic N) is 1. The van der Waals surface area contributed by atoms with E-state index in [2.05, 4.69) is 68.9 Å². The molecule has 0 spiro atoms. The smallest absolute Gasteiger partial charge is 0.0408 e. The minimum atomic E-state index is 0.626. The summed E-state index contributed by atoms with van der Waals surface area (Å²) in [5, 5.41) is 0. The molecule has 1 nitrogen and oxygen atoms in total. The van der Waals surface area contributed by atoms with Crippen molar-refractivity contribution < 1.29 is 0 Å². The molecule has 1 rings (SSSR count). The van der Waals surface area contributed by atoms with Gasteiger partial charge < -0.3 is 0 Å². The van der Waals surface area contributed by atoms with Gasteiger partial charge in [-0.25, -0.2) is 0 Å². The monoisotopic (exact) mass is 283 g/mol. The SMILES string of the molecule is C=C(C)/C=C\c1cccc(CC=NCC(C)C)c1CCC. The first-order chi connectivity index (χ1) is 10.0. The maximum atomic E-state index is 4.51. The van der Waals surface area contributed by atoms with Crippen molar-refractivity contribution in [3.63, 3.8) is 0 Å². The Morgan fingerprint density at radius 2 is 2.10 bits per heavy atom. The molecule has 0 unspecified atom stereocenters. The summed E-state index contributed by atoms with van der Waals surface area (Å²) < 4.78 is 0. The second-order valence-electron chi connectivity index (χ2n) is 6.06. The van der Waals surface area contributed by atoms with Gasteiger partial charge in [0.2, 0.25) is 0 Å². The zero-order valence-electron chi connectivity index (χ0n) is 14.0. The lowest BCUT2D eigenvalue weighted by molar-refractivity contribution is 0.666. The van der Waals surface area contributed by atoms with Crippen molar-refractivity contribution in [2.24, 2.45) is 10.9 Å². The van der Waals surface area contributed by atoms with Crippen LogP contribution in [0.2, 0.25) is 0 Å². The molecule has 21 heavy (non-hydrogen) atoms. The predicted molar refractivity (Wildman–Crippen MR) is 96.2 cm³/mol. The van der Waals surface area contributed by atoms with E-state index < -0.39 is 0 Å². The summed E-state index contributed by atoms with van der Waals surface area (Å²) in [5.41, 5.74) is 5.25. The number of hydrogen-bond acceptors (Lipinski definition) is 1. The van der Waals surface area contributed by atoms with Crippen LogP contribution in [0.5, 0.6) is 0 Å². The number of rotatable bonds is 8. The van der Waals surface area contributed by atoms with Crippen LogP contribution in [0.4, 0.5) is 0 Å². The van der Waals surface area contributed by atoms with Crippen LogP contribution in [-0.4, -0.2) is 12.8 Å². The maximum Gasteiger partial charge on any atom is 0.0408 e. The normalized spacial score (nSPS) is 11.9. The molecule has 0 aliphatic carbocycles. The molecule has 0 aliphatic heterocycles. The summed E-state index contributed by atoms with van der Waals surface area (Å²) in [6.07, 6.45) is 9.54. The molecule has 0 N–H and O–H groups in total. The summed E-state index contributed by atoms with van der Waals surface area (Å²) in [5.74, 6) is 0.626. The van der Waals surface area contributed by atoms with E-state index in [1.807, 2.05) is 6.92 Å². The van der Waals surface area contributed by atoms with E-state index in [1.54, 1.807) is 0 Å². The van der Waals surface area contributed by atoms with E-state index in [-0.39, 0.29) is 0 Å². The standard InChI is InChI=1S/C20H29N/c1-6-8-20-18(12-11-16(2)3)9-7-10-19(20)13-14-21-15-17(4)5/h7,9-12,14,17H,2,6,8,13,15H2,1,3-5H3/b12-11-,21-14?. The first-order valence-electron chi connectivity index (χ1n) is 7.97. The Labute approximate surface area is 130 Å². The molecule has 1 aromatic carbocycles. The van der Waals surface area contributed by atoms with Gasteiger partial charge in [0.15, 0.2) is 0 Å². The Balaban J connectivity index is 2.94. The van der Waals surface area contributed by atoms with Crippen molar-refractivity contribution >= 4 is 12.3 Å². The van der Waals surface area contributed by atoms with Crippen LogP contribution >= 0.6 is 0 Å². The molecule has 0 heterocycles. The fraction of sp³-hybridized carbons (Fsp3) is 0.450. The highest BCUT2D eigenvalue weighted by atomic mass is 14.7. The third kappa shape index (κ3) is 6.57. The fourth-order valence-electron chi connectivity index (χ4n) is 2.24. The topological polar surface area (TPSA) is 12.4 Å². The highest BCUT2D eigenvalue weighted by Crippen LogP contribution is 2.19. The van der Waals surface area contributed by atoms with E-state index in [1.165, 1.54) is 16.7 Å². The van der Waals surface area contributed by atoms with Gasteiger partial charge in [-0.3, -0.25) is 4.99 Å². The lowest BCUT2D eigenvalue weighted by atomic mass is 9.95. The molecule has 0 saturated carbocycles. The van der Waals surface area contributed by atoms with Gasteiger partial charge in [0.05, 0.1) is 0 Å². The van der Waals surface area contributed by atoms with Gasteiger partial charge in [0, 0.05) is 19.2 Å². The lowest BCUT2D eigenvalue weighted by Crippen LogP contribution is -1.99. The van der Waals surface area contributed by atoms with Gasteiger partial charge in [-0.15, -0.1) is 0 Å². The van der Waals surface area contributed by atoms with Crippen LogP contribution in [-0.2, 0) is 12.8 Å². The van der Waals surface area contributed by atoms with Crippen molar-refractivity contribution in [3.8, 4) is 0 Å². The summed E-state index contributed by atoms with van der Waals surface area (Å²) >= 11 is 0. The second kappa shape index (κ2) is 9.33. The van der Waals surface area contributed by atoms with Crippen LogP contribution in [0.25, 0.3) is 6.08 Å². The minimum absolute atomic E-state index is 0.626. The molecule has 0 bridgehead atoms. The highest BCUT2D eigenvalue weighted by Gasteiger charge is 2.05. The first-order valence-corrected chi connectivity index (χ1v) is 7.97. The number of hydrogen-bond donors (Lipinski definition) is 0. The molecule has 1 heteroatoms. The number of aliphatic imine (C=N–C) groups is 1. The largest absolute Gasteiger partial charge is 0.297 e. The van der Waals surface area contributed by atoms with E-state index in [4.69, 9.17) is 0 Å². The summed E-state index contributed by atoms with van der Waals surface area (Å²) in [4.78, 5) is 4.51. The molecule has 0 saturated heterocycles. The van der Waals surface area contributed by atoms with Crippen molar-refractivity contribution in [1.82, 2.24) is 0 Å². The minimum Gasteiger partial charge on any atom is -0.297 e. The average Bonchev–Trinajstić information content (AvgIpc) is 2.43. The Hall–Kier alpha value is -1.63. The second-order valence-corrected chi connectivity index (χ2v) is 6.06. The summed E-state index contributed by atoms with van der Waals surface area (Å²) in [6, 6.07) is 6.56. The molecular formula is C20H29N. The van der Waals surface area contributed by atoms with E-state index in [0.717, 1.165) is 31.4 Å². The maximum absolute atomic E-state index is 4.51. The van der Waals surface area contributed by atoms with Gasteiger partial charge in [0.1, 0.15) is 0 Å². The molecular weight excluding hydrogens is 254 g/mol. The van der Waals surface area contributed by atoms with Crippen LogP contribution in [0, 0.1) is 5.92 Å². The number of allylic oxidation sites excluding steroid dienone is 2. The van der Waals surface area contributed by atoms with Gasteiger partial charge in [-0.2, -0.15) is 0 Å². The van der Waals surface area contributed by atoms with E-state index in [0.29, 0.717) is 5.92 Å². The van der Waals surface area contributed by atoms with E-state index >= 15 is 0 Å². The molecule has 0 aromatic heterocycles. The van der Waals surface area contributed by atoms with Crippen LogP contribution < -0.4 is 0 Å². The predicted octanol–water partition coefficient (Wildman–Crippen LogP) is 5.50.